The van der Waals surface area contributed by atoms with Crippen molar-refractivity contribution in [1.29, 1.82) is 0 Å². The maximum absolute atomic E-state index is 9.39. The smallest absolute Gasteiger partial charge is 0.225 e. The number of anilines is 2. The zero-order valence-corrected chi connectivity index (χ0v) is 12.0. The molecule has 2 rings (SSSR count). The van der Waals surface area contributed by atoms with E-state index in [4.69, 9.17) is 0 Å². The molecule has 0 spiro atoms. The van der Waals surface area contributed by atoms with Crippen LogP contribution in [0.15, 0.2) is 6.07 Å². The van der Waals surface area contributed by atoms with Crippen LogP contribution in [0.5, 0.6) is 0 Å². The van der Waals surface area contributed by atoms with Crippen LogP contribution in [0.3, 0.4) is 0 Å². The minimum Gasteiger partial charge on any atom is -0.394 e. The van der Waals surface area contributed by atoms with Crippen molar-refractivity contribution in [2.45, 2.75) is 45.6 Å². The van der Waals surface area contributed by atoms with Crippen LogP contribution >= 0.6 is 0 Å². The molecule has 5 heteroatoms. The third kappa shape index (κ3) is 3.80. The number of hydrogen-bond acceptors (Lipinski definition) is 5. The summed E-state index contributed by atoms with van der Waals surface area (Å²) in [5.41, 5.74) is 1.11. The molecule has 1 aromatic heterocycles. The number of aliphatic hydroxyl groups excluding tert-OH is 1. The van der Waals surface area contributed by atoms with E-state index in [-0.39, 0.29) is 12.6 Å². The average molecular weight is 264 g/mol. The van der Waals surface area contributed by atoms with Gasteiger partial charge in [0.15, 0.2) is 0 Å². The summed E-state index contributed by atoms with van der Waals surface area (Å²) in [6.45, 7) is 7.13. The highest BCUT2D eigenvalue weighted by molar-refractivity contribution is 5.44. The Kier molecular flexibility index (Phi) is 4.58. The van der Waals surface area contributed by atoms with Crippen molar-refractivity contribution >= 4 is 11.8 Å². The lowest BCUT2D eigenvalue weighted by atomic mass is 10.1. The molecule has 1 aliphatic carbocycles. The molecule has 0 unspecified atom stereocenters. The first-order chi connectivity index (χ1) is 9.13. The van der Waals surface area contributed by atoms with Gasteiger partial charge >= 0.3 is 0 Å². The van der Waals surface area contributed by atoms with Gasteiger partial charge in [-0.25, -0.2) is 4.98 Å². The lowest BCUT2D eigenvalue weighted by Crippen LogP contribution is -2.30. The number of hydrogen-bond donors (Lipinski definition) is 3. The van der Waals surface area contributed by atoms with E-state index in [9.17, 15) is 5.11 Å². The number of nitrogens with one attached hydrogen (secondary N) is 2. The lowest BCUT2D eigenvalue weighted by molar-refractivity contribution is 0.248. The Bertz CT molecular complexity index is 418. The van der Waals surface area contributed by atoms with Gasteiger partial charge in [-0.1, -0.05) is 13.8 Å². The van der Waals surface area contributed by atoms with Crippen LogP contribution in [0, 0.1) is 5.92 Å². The van der Waals surface area contributed by atoms with E-state index in [1.165, 1.54) is 12.8 Å². The van der Waals surface area contributed by atoms with Gasteiger partial charge in [0.25, 0.3) is 0 Å². The molecule has 1 fully saturated rings. The fourth-order valence-electron chi connectivity index (χ4n) is 1.98. The maximum atomic E-state index is 9.39. The summed E-state index contributed by atoms with van der Waals surface area (Å²) in [5, 5.41) is 15.9. The first kappa shape index (κ1) is 14.1. The molecule has 106 valence electrons. The van der Waals surface area contributed by atoms with Crippen molar-refractivity contribution in [1.82, 2.24) is 9.97 Å². The van der Waals surface area contributed by atoms with E-state index in [1.54, 1.807) is 0 Å². The number of aliphatic hydroxyl groups is 1. The van der Waals surface area contributed by atoms with Crippen LogP contribution in [0.1, 0.15) is 45.2 Å². The Morgan fingerprint density at radius 1 is 1.37 bits per heavy atom. The fourth-order valence-corrected chi connectivity index (χ4v) is 1.98. The number of nitrogens with zero attached hydrogens (tertiary/aromatic N) is 2. The Balaban J connectivity index is 2.17. The first-order valence-corrected chi connectivity index (χ1v) is 7.14. The first-order valence-electron chi connectivity index (χ1n) is 7.14. The Morgan fingerprint density at radius 3 is 2.63 bits per heavy atom. The molecule has 0 aromatic carbocycles. The van der Waals surface area contributed by atoms with E-state index in [1.807, 2.05) is 6.07 Å². The second kappa shape index (κ2) is 6.19. The summed E-state index contributed by atoms with van der Waals surface area (Å²) < 4.78 is 0. The van der Waals surface area contributed by atoms with Gasteiger partial charge in [0, 0.05) is 18.5 Å². The summed E-state index contributed by atoms with van der Waals surface area (Å²) in [7, 11) is 0. The third-order valence-electron chi connectivity index (χ3n) is 3.42. The predicted molar refractivity (Wildman–Crippen MR) is 77.5 cm³/mol. The van der Waals surface area contributed by atoms with Crippen molar-refractivity contribution in [2.24, 2.45) is 5.92 Å². The second-order valence-corrected chi connectivity index (χ2v) is 5.48. The zero-order valence-electron chi connectivity index (χ0n) is 12.0. The van der Waals surface area contributed by atoms with Crippen molar-refractivity contribution in [2.75, 3.05) is 23.8 Å². The molecule has 0 saturated heterocycles. The van der Waals surface area contributed by atoms with Gasteiger partial charge in [0.1, 0.15) is 5.82 Å². The lowest BCUT2D eigenvalue weighted by Gasteiger charge is -2.20. The molecule has 0 amide bonds. The largest absolute Gasteiger partial charge is 0.394 e. The minimum atomic E-state index is -0.0103. The molecule has 1 saturated carbocycles. The molecule has 1 aromatic rings. The number of rotatable bonds is 7. The van der Waals surface area contributed by atoms with Gasteiger partial charge < -0.3 is 15.7 Å². The maximum Gasteiger partial charge on any atom is 0.225 e. The Morgan fingerprint density at radius 2 is 2.11 bits per heavy atom. The molecule has 3 N–H and O–H groups in total. The van der Waals surface area contributed by atoms with Crippen LogP contribution in [0.2, 0.25) is 0 Å². The van der Waals surface area contributed by atoms with Crippen molar-refractivity contribution < 1.29 is 5.11 Å². The highest BCUT2D eigenvalue weighted by Crippen LogP contribution is 2.39. The van der Waals surface area contributed by atoms with E-state index < -0.39 is 0 Å². The van der Waals surface area contributed by atoms with Crippen LogP contribution in [0.25, 0.3) is 0 Å². The highest BCUT2D eigenvalue weighted by Gasteiger charge is 2.26. The van der Waals surface area contributed by atoms with E-state index >= 15 is 0 Å². The molecule has 1 aliphatic rings. The third-order valence-corrected chi connectivity index (χ3v) is 3.42. The molecular formula is C14H24N4O. The fraction of sp³-hybridized carbons (Fsp3) is 0.714. The standard InChI is InChI=1S/C14H24N4O/c1-4-15-13-7-11(10-5-6-10)16-14(18-13)17-12(8-19)9(2)3/h7,9-10,12,19H,4-6,8H2,1-3H3,(H2,15,16,17,18)/t12-/m1/s1. The van der Waals surface area contributed by atoms with Gasteiger partial charge in [0.2, 0.25) is 5.95 Å². The summed E-state index contributed by atoms with van der Waals surface area (Å²) in [4.78, 5) is 9.03. The average Bonchev–Trinajstić information content (AvgIpc) is 3.20. The molecule has 0 radical (unpaired) electrons. The van der Waals surface area contributed by atoms with Gasteiger partial charge in [-0.15, -0.1) is 0 Å². The Labute approximate surface area is 114 Å². The molecule has 0 bridgehead atoms. The van der Waals surface area contributed by atoms with Crippen LogP contribution < -0.4 is 10.6 Å². The molecule has 0 aliphatic heterocycles. The molecule has 1 atom stereocenters. The molecule has 1 heterocycles. The summed E-state index contributed by atoms with van der Waals surface area (Å²) >= 11 is 0. The van der Waals surface area contributed by atoms with Crippen LogP contribution in [0.4, 0.5) is 11.8 Å². The Hall–Kier alpha value is -1.36. The van der Waals surface area contributed by atoms with E-state index in [2.05, 4.69) is 41.4 Å². The highest BCUT2D eigenvalue weighted by atomic mass is 16.3. The van der Waals surface area contributed by atoms with Gasteiger partial charge in [0.05, 0.1) is 18.3 Å². The monoisotopic (exact) mass is 264 g/mol. The van der Waals surface area contributed by atoms with E-state index in [0.29, 0.717) is 17.8 Å². The van der Waals surface area contributed by atoms with Gasteiger partial charge in [-0.3, -0.25) is 0 Å². The predicted octanol–water partition coefficient (Wildman–Crippen LogP) is 2.21. The topological polar surface area (TPSA) is 70.1 Å². The molecular weight excluding hydrogens is 240 g/mol. The molecule has 5 nitrogen and oxygen atoms in total. The quantitative estimate of drug-likeness (QED) is 0.704. The summed E-state index contributed by atoms with van der Waals surface area (Å²) in [5.74, 6) is 2.41. The van der Waals surface area contributed by atoms with Gasteiger partial charge in [-0.2, -0.15) is 4.98 Å². The minimum absolute atomic E-state index is 0.0103. The summed E-state index contributed by atoms with van der Waals surface area (Å²) in [6.07, 6.45) is 2.44. The zero-order chi connectivity index (χ0) is 13.8. The van der Waals surface area contributed by atoms with Crippen molar-refractivity contribution in [3.63, 3.8) is 0 Å². The van der Waals surface area contributed by atoms with E-state index in [0.717, 1.165) is 18.1 Å². The van der Waals surface area contributed by atoms with Crippen molar-refractivity contribution in [3.05, 3.63) is 11.8 Å². The van der Waals surface area contributed by atoms with Crippen LogP contribution in [-0.4, -0.2) is 34.3 Å². The summed E-state index contributed by atoms with van der Waals surface area (Å²) in [6, 6.07) is 2.03. The van der Waals surface area contributed by atoms with Crippen molar-refractivity contribution in [3.8, 4) is 0 Å². The second-order valence-electron chi connectivity index (χ2n) is 5.48. The SMILES string of the molecule is CCNc1cc(C2CC2)nc(N[C@H](CO)C(C)C)n1. The normalized spacial score (nSPS) is 16.5. The van der Waals surface area contributed by atoms with Crippen LogP contribution in [-0.2, 0) is 0 Å². The molecule has 19 heavy (non-hydrogen) atoms. The number of aromatic nitrogens is 2. The van der Waals surface area contributed by atoms with Gasteiger partial charge in [-0.05, 0) is 25.7 Å².